The van der Waals surface area contributed by atoms with Crippen LogP contribution in [0.3, 0.4) is 0 Å². The number of piperazine rings is 1. The predicted molar refractivity (Wildman–Crippen MR) is 89.8 cm³/mol. The van der Waals surface area contributed by atoms with Crippen LogP contribution in [0.25, 0.3) is 11.3 Å². The number of rotatable bonds is 3. The van der Waals surface area contributed by atoms with Crippen molar-refractivity contribution in [3.8, 4) is 11.3 Å². The minimum absolute atomic E-state index is 0.252. The molecule has 0 radical (unpaired) electrons. The number of carbonyl (C=O) groups is 1. The molecule has 7 heteroatoms. The Hall–Kier alpha value is -1.53. The molecule has 1 aliphatic rings. The largest absolute Gasteiger partial charge is 0.451 e. The van der Waals surface area contributed by atoms with Crippen molar-refractivity contribution < 1.29 is 14.1 Å². The first-order valence-corrected chi connectivity index (χ1v) is 8.21. The Morgan fingerprint density at radius 2 is 1.96 bits per heavy atom. The summed E-state index contributed by atoms with van der Waals surface area (Å²) in [7, 11) is 2.15. The molecule has 1 amide bonds. The quantitative estimate of drug-likeness (QED) is 0.882. The summed E-state index contributed by atoms with van der Waals surface area (Å²) < 4.78 is 5.64. The number of nitrogens with zero attached hydrogens (tertiary/aromatic N) is 1. The standard InChI is InChI=1S/C16H17Cl2N3O2/c1-20-6-8-21(9-7-20)19-16(22)15-5-4-14(23-15)12-10-11(17)2-3-13(12)18/h2-5,10H,6-9H2,1H3,(H,19,22)/p+1. The number of hydrogen-bond donors (Lipinski definition) is 2. The van der Waals surface area contributed by atoms with Gasteiger partial charge in [-0.2, -0.15) is 0 Å². The van der Waals surface area contributed by atoms with Crippen LogP contribution in [0.2, 0.25) is 10.0 Å². The van der Waals surface area contributed by atoms with Gasteiger partial charge in [0.1, 0.15) is 5.76 Å². The highest BCUT2D eigenvalue weighted by molar-refractivity contribution is 6.35. The topological polar surface area (TPSA) is 49.9 Å². The molecule has 5 nitrogen and oxygen atoms in total. The Morgan fingerprint density at radius 3 is 2.70 bits per heavy atom. The van der Waals surface area contributed by atoms with Crippen LogP contribution < -0.4 is 10.3 Å². The normalized spacial score (nSPS) is 16.5. The zero-order valence-corrected chi connectivity index (χ0v) is 14.2. The molecular weight excluding hydrogens is 337 g/mol. The maximum absolute atomic E-state index is 12.3. The first-order valence-electron chi connectivity index (χ1n) is 7.45. The lowest BCUT2D eigenvalue weighted by molar-refractivity contribution is -0.884. The number of hydrazine groups is 1. The number of likely N-dealkylation sites (N-methyl/N-ethyl adjacent to an activating group) is 1. The van der Waals surface area contributed by atoms with Crippen LogP contribution in [0.15, 0.2) is 34.7 Å². The molecule has 0 bridgehead atoms. The third-order valence-corrected chi connectivity index (χ3v) is 4.46. The van der Waals surface area contributed by atoms with E-state index in [0.717, 1.165) is 26.2 Å². The molecular formula is C16H18Cl2N3O2+. The van der Waals surface area contributed by atoms with E-state index in [-0.39, 0.29) is 11.7 Å². The second-order valence-electron chi connectivity index (χ2n) is 5.67. The lowest BCUT2D eigenvalue weighted by Gasteiger charge is -2.29. The molecule has 1 fully saturated rings. The predicted octanol–water partition coefficient (Wildman–Crippen LogP) is 1.73. The van der Waals surface area contributed by atoms with E-state index in [1.807, 2.05) is 5.01 Å². The first kappa shape index (κ1) is 16.3. The molecule has 0 unspecified atom stereocenters. The van der Waals surface area contributed by atoms with Crippen molar-refractivity contribution in [1.82, 2.24) is 10.4 Å². The van der Waals surface area contributed by atoms with E-state index in [1.54, 1.807) is 30.3 Å². The summed E-state index contributed by atoms with van der Waals surface area (Å²) in [6, 6.07) is 8.49. The SMILES string of the molecule is C[NH+]1CCN(NC(=O)c2ccc(-c3cc(Cl)ccc3Cl)o2)CC1. The Labute approximate surface area is 144 Å². The summed E-state index contributed by atoms with van der Waals surface area (Å²) in [4.78, 5) is 13.7. The fourth-order valence-corrected chi connectivity index (χ4v) is 2.87. The number of furan rings is 1. The van der Waals surface area contributed by atoms with Gasteiger partial charge in [-0.05, 0) is 30.3 Å². The summed E-state index contributed by atoms with van der Waals surface area (Å²) in [5.74, 6) is 0.516. The van der Waals surface area contributed by atoms with Crippen molar-refractivity contribution in [2.45, 2.75) is 0 Å². The number of hydrogen-bond acceptors (Lipinski definition) is 3. The summed E-state index contributed by atoms with van der Waals surface area (Å²) in [6.07, 6.45) is 0. The van der Waals surface area contributed by atoms with Gasteiger partial charge in [0.25, 0.3) is 0 Å². The highest BCUT2D eigenvalue weighted by atomic mass is 35.5. The van der Waals surface area contributed by atoms with Gasteiger partial charge in [0.15, 0.2) is 5.76 Å². The number of amides is 1. The Kier molecular flexibility index (Phi) is 4.92. The molecule has 0 spiro atoms. The van der Waals surface area contributed by atoms with Crippen LogP contribution >= 0.6 is 23.2 Å². The van der Waals surface area contributed by atoms with Crippen LogP contribution in [-0.2, 0) is 0 Å². The van der Waals surface area contributed by atoms with Crippen LogP contribution in [0.1, 0.15) is 10.6 Å². The third-order valence-electron chi connectivity index (χ3n) is 3.90. The second kappa shape index (κ2) is 6.93. The smallest absolute Gasteiger partial charge is 0.301 e. The van der Waals surface area contributed by atoms with Crippen molar-refractivity contribution in [3.05, 3.63) is 46.1 Å². The molecule has 0 atom stereocenters. The van der Waals surface area contributed by atoms with Gasteiger partial charge in [0, 0.05) is 10.6 Å². The van der Waals surface area contributed by atoms with Gasteiger partial charge in [-0.25, -0.2) is 5.01 Å². The molecule has 23 heavy (non-hydrogen) atoms. The number of quaternary nitrogens is 1. The van der Waals surface area contributed by atoms with Gasteiger partial charge in [0.2, 0.25) is 0 Å². The van der Waals surface area contributed by atoms with E-state index in [0.29, 0.717) is 21.4 Å². The maximum atomic E-state index is 12.3. The zero-order chi connectivity index (χ0) is 16.4. The monoisotopic (exact) mass is 354 g/mol. The van der Waals surface area contributed by atoms with E-state index in [4.69, 9.17) is 27.6 Å². The third kappa shape index (κ3) is 3.87. The summed E-state index contributed by atoms with van der Waals surface area (Å²) >= 11 is 12.1. The van der Waals surface area contributed by atoms with Crippen molar-refractivity contribution in [1.29, 1.82) is 0 Å². The lowest BCUT2D eigenvalue weighted by Crippen LogP contribution is -3.12. The minimum atomic E-state index is -0.256. The van der Waals surface area contributed by atoms with Gasteiger partial charge in [-0.3, -0.25) is 10.2 Å². The van der Waals surface area contributed by atoms with Gasteiger partial charge in [-0.15, -0.1) is 0 Å². The molecule has 3 rings (SSSR count). The fraction of sp³-hybridized carbons (Fsp3) is 0.312. The summed E-state index contributed by atoms with van der Waals surface area (Å²) in [5, 5.41) is 3.01. The average molecular weight is 355 g/mol. The Balaban J connectivity index is 1.71. The summed E-state index contributed by atoms with van der Waals surface area (Å²) in [5.41, 5.74) is 3.54. The average Bonchev–Trinajstić information content (AvgIpc) is 3.02. The van der Waals surface area contributed by atoms with E-state index in [1.165, 1.54) is 4.90 Å². The second-order valence-corrected chi connectivity index (χ2v) is 6.52. The van der Waals surface area contributed by atoms with E-state index in [2.05, 4.69) is 12.5 Å². The van der Waals surface area contributed by atoms with E-state index >= 15 is 0 Å². The molecule has 122 valence electrons. The highest BCUT2D eigenvalue weighted by Gasteiger charge is 2.21. The molecule has 2 aromatic rings. The van der Waals surface area contributed by atoms with Crippen LogP contribution in [0, 0.1) is 0 Å². The van der Waals surface area contributed by atoms with E-state index in [9.17, 15) is 4.79 Å². The van der Waals surface area contributed by atoms with Crippen molar-refractivity contribution in [2.24, 2.45) is 0 Å². The molecule has 1 saturated heterocycles. The van der Waals surface area contributed by atoms with Gasteiger partial charge in [-0.1, -0.05) is 23.2 Å². The van der Waals surface area contributed by atoms with Gasteiger partial charge >= 0.3 is 5.91 Å². The lowest BCUT2D eigenvalue weighted by atomic mass is 10.2. The molecule has 1 aromatic heterocycles. The molecule has 1 aliphatic heterocycles. The number of halogens is 2. The fourth-order valence-electron chi connectivity index (χ4n) is 2.49. The molecule has 0 saturated carbocycles. The number of benzene rings is 1. The van der Waals surface area contributed by atoms with Gasteiger partial charge in [0.05, 0.1) is 38.2 Å². The number of carbonyl (C=O) groups excluding carboxylic acids is 1. The van der Waals surface area contributed by atoms with E-state index < -0.39 is 0 Å². The van der Waals surface area contributed by atoms with Crippen molar-refractivity contribution in [2.75, 3.05) is 33.2 Å². The maximum Gasteiger partial charge on any atom is 0.301 e. The van der Waals surface area contributed by atoms with Crippen molar-refractivity contribution in [3.63, 3.8) is 0 Å². The van der Waals surface area contributed by atoms with Crippen LogP contribution in [0.5, 0.6) is 0 Å². The van der Waals surface area contributed by atoms with Crippen molar-refractivity contribution >= 4 is 29.1 Å². The Bertz CT molecular complexity index is 709. The molecule has 0 aliphatic carbocycles. The minimum Gasteiger partial charge on any atom is -0.451 e. The molecule has 1 aromatic carbocycles. The zero-order valence-electron chi connectivity index (χ0n) is 12.7. The Morgan fingerprint density at radius 1 is 1.22 bits per heavy atom. The highest BCUT2D eigenvalue weighted by Crippen LogP contribution is 2.31. The number of nitrogens with one attached hydrogen (secondary N) is 2. The molecule has 2 heterocycles. The van der Waals surface area contributed by atoms with Gasteiger partial charge < -0.3 is 9.32 Å². The molecule has 2 N–H and O–H groups in total. The van der Waals surface area contributed by atoms with Crippen LogP contribution in [0.4, 0.5) is 0 Å². The first-order chi connectivity index (χ1) is 11.0. The van der Waals surface area contributed by atoms with Crippen LogP contribution in [-0.4, -0.2) is 44.1 Å². The summed E-state index contributed by atoms with van der Waals surface area (Å²) in [6.45, 7) is 3.65.